The van der Waals surface area contributed by atoms with Crippen LogP contribution in [-0.4, -0.2) is 17.6 Å². The predicted molar refractivity (Wildman–Crippen MR) is 108 cm³/mol. The van der Waals surface area contributed by atoms with Crippen LogP contribution in [0.4, 0.5) is 5.69 Å². The van der Waals surface area contributed by atoms with E-state index in [0.29, 0.717) is 0 Å². The standard InChI is InChI=1S/C21H24N2O2S/c1-4-13-26-20-8-6-5-7-18(20)23-21(25)14-19(22-16(3)24)17-11-9-15(2)10-12-17/h4-12,19H,1,13-14H2,2-3H3,(H,22,24)(H,23,25). The molecule has 0 saturated carbocycles. The van der Waals surface area contributed by atoms with Gasteiger partial charge in [-0.05, 0) is 24.6 Å². The Labute approximate surface area is 159 Å². The summed E-state index contributed by atoms with van der Waals surface area (Å²) in [4.78, 5) is 25.1. The van der Waals surface area contributed by atoms with Crippen molar-refractivity contribution in [3.63, 3.8) is 0 Å². The quantitative estimate of drug-likeness (QED) is 0.533. The van der Waals surface area contributed by atoms with Crippen molar-refractivity contribution in [2.75, 3.05) is 11.1 Å². The van der Waals surface area contributed by atoms with E-state index in [4.69, 9.17) is 0 Å². The molecule has 2 rings (SSSR count). The van der Waals surface area contributed by atoms with Gasteiger partial charge in [0.15, 0.2) is 0 Å². The van der Waals surface area contributed by atoms with Crippen LogP contribution in [0, 0.1) is 6.92 Å². The molecular formula is C21H24N2O2S. The molecule has 5 heteroatoms. The molecule has 4 nitrogen and oxygen atoms in total. The Hall–Kier alpha value is -2.53. The molecule has 1 unspecified atom stereocenters. The Morgan fingerprint density at radius 2 is 1.85 bits per heavy atom. The number of para-hydroxylation sites is 1. The van der Waals surface area contributed by atoms with Gasteiger partial charge in [0, 0.05) is 17.6 Å². The summed E-state index contributed by atoms with van der Waals surface area (Å²) in [6.45, 7) is 7.19. The van der Waals surface area contributed by atoms with Gasteiger partial charge in [0.2, 0.25) is 11.8 Å². The number of hydrogen-bond acceptors (Lipinski definition) is 3. The lowest BCUT2D eigenvalue weighted by Crippen LogP contribution is -2.29. The van der Waals surface area contributed by atoms with Gasteiger partial charge in [0.1, 0.15) is 0 Å². The number of anilines is 1. The zero-order valence-corrected chi connectivity index (χ0v) is 15.9. The maximum Gasteiger partial charge on any atom is 0.226 e. The van der Waals surface area contributed by atoms with Crippen LogP contribution >= 0.6 is 11.8 Å². The number of nitrogens with one attached hydrogen (secondary N) is 2. The molecule has 0 radical (unpaired) electrons. The van der Waals surface area contributed by atoms with Gasteiger partial charge in [-0.25, -0.2) is 0 Å². The van der Waals surface area contributed by atoms with Crippen molar-refractivity contribution < 1.29 is 9.59 Å². The van der Waals surface area contributed by atoms with E-state index in [0.717, 1.165) is 27.5 Å². The van der Waals surface area contributed by atoms with Crippen molar-refractivity contribution in [2.24, 2.45) is 0 Å². The van der Waals surface area contributed by atoms with Crippen LogP contribution in [0.2, 0.25) is 0 Å². The first-order valence-electron chi connectivity index (χ1n) is 8.46. The number of carbonyl (C=O) groups is 2. The molecule has 136 valence electrons. The summed E-state index contributed by atoms with van der Waals surface area (Å²) in [6.07, 6.45) is 2.00. The molecule has 0 bridgehead atoms. The zero-order chi connectivity index (χ0) is 18.9. The summed E-state index contributed by atoms with van der Waals surface area (Å²) >= 11 is 1.61. The van der Waals surface area contributed by atoms with E-state index in [1.807, 2.05) is 61.5 Å². The van der Waals surface area contributed by atoms with Gasteiger partial charge < -0.3 is 10.6 Å². The molecule has 0 aliphatic carbocycles. The van der Waals surface area contributed by atoms with Gasteiger partial charge in [0.05, 0.1) is 18.2 Å². The second-order valence-corrected chi connectivity index (χ2v) is 7.07. The number of thioether (sulfide) groups is 1. The highest BCUT2D eigenvalue weighted by Crippen LogP contribution is 2.27. The van der Waals surface area contributed by atoms with Gasteiger partial charge in [0.25, 0.3) is 0 Å². The fourth-order valence-corrected chi connectivity index (χ4v) is 3.27. The smallest absolute Gasteiger partial charge is 0.226 e. The molecule has 2 aromatic carbocycles. The van der Waals surface area contributed by atoms with Crippen molar-refractivity contribution in [2.45, 2.75) is 31.2 Å². The predicted octanol–water partition coefficient (Wildman–Crippen LogP) is 4.48. The molecule has 0 fully saturated rings. The molecule has 1 atom stereocenters. The fraction of sp³-hybridized carbons (Fsp3) is 0.238. The Bertz CT molecular complexity index is 772. The van der Waals surface area contributed by atoms with E-state index in [1.165, 1.54) is 6.92 Å². The lowest BCUT2D eigenvalue weighted by atomic mass is 10.0. The molecular weight excluding hydrogens is 344 g/mol. The Kier molecular flexibility index (Phi) is 7.48. The third-order valence-electron chi connectivity index (χ3n) is 3.76. The number of hydrogen-bond donors (Lipinski definition) is 2. The molecule has 2 aromatic rings. The van der Waals surface area contributed by atoms with Gasteiger partial charge in [-0.15, -0.1) is 18.3 Å². The van der Waals surface area contributed by atoms with E-state index in [-0.39, 0.29) is 24.3 Å². The summed E-state index contributed by atoms with van der Waals surface area (Å²) in [5.74, 6) is 0.464. The third-order valence-corrected chi connectivity index (χ3v) is 4.83. The second-order valence-electron chi connectivity index (χ2n) is 6.01. The number of aryl methyl sites for hydroxylation is 1. The average Bonchev–Trinajstić information content (AvgIpc) is 2.60. The summed E-state index contributed by atoms with van der Waals surface area (Å²) in [5, 5.41) is 5.82. The van der Waals surface area contributed by atoms with Gasteiger partial charge in [-0.1, -0.05) is 48.0 Å². The molecule has 26 heavy (non-hydrogen) atoms. The molecule has 0 spiro atoms. The minimum Gasteiger partial charge on any atom is -0.349 e. The minimum atomic E-state index is -0.360. The third kappa shape index (κ3) is 6.08. The second kappa shape index (κ2) is 9.82. The topological polar surface area (TPSA) is 58.2 Å². The molecule has 2 N–H and O–H groups in total. The van der Waals surface area contributed by atoms with Crippen LogP contribution < -0.4 is 10.6 Å². The minimum absolute atomic E-state index is 0.143. The highest BCUT2D eigenvalue weighted by Gasteiger charge is 2.18. The Morgan fingerprint density at radius 1 is 1.15 bits per heavy atom. The summed E-state index contributed by atoms with van der Waals surface area (Å²) in [6, 6.07) is 15.1. The largest absolute Gasteiger partial charge is 0.349 e. The molecule has 2 amide bonds. The number of benzene rings is 2. The number of carbonyl (C=O) groups excluding carboxylic acids is 2. The van der Waals surface area contributed by atoms with E-state index in [2.05, 4.69) is 17.2 Å². The monoisotopic (exact) mass is 368 g/mol. The van der Waals surface area contributed by atoms with Crippen molar-refractivity contribution in [3.05, 3.63) is 72.3 Å². The van der Waals surface area contributed by atoms with E-state index in [9.17, 15) is 9.59 Å². The first kappa shape index (κ1) is 19.8. The number of amides is 2. The molecule has 0 saturated heterocycles. The van der Waals surface area contributed by atoms with E-state index >= 15 is 0 Å². The summed E-state index contributed by atoms with van der Waals surface area (Å²) in [5.41, 5.74) is 2.82. The lowest BCUT2D eigenvalue weighted by Gasteiger charge is -2.19. The van der Waals surface area contributed by atoms with Crippen molar-refractivity contribution >= 4 is 29.3 Å². The van der Waals surface area contributed by atoms with Crippen LogP contribution in [-0.2, 0) is 9.59 Å². The fourth-order valence-electron chi connectivity index (χ4n) is 2.53. The first-order chi connectivity index (χ1) is 12.5. The number of rotatable bonds is 8. The Balaban J connectivity index is 2.11. The summed E-state index contributed by atoms with van der Waals surface area (Å²) < 4.78 is 0. The van der Waals surface area contributed by atoms with Crippen LogP contribution in [0.15, 0.2) is 66.1 Å². The van der Waals surface area contributed by atoms with Gasteiger partial charge >= 0.3 is 0 Å². The van der Waals surface area contributed by atoms with Crippen LogP contribution in [0.25, 0.3) is 0 Å². The summed E-state index contributed by atoms with van der Waals surface area (Å²) in [7, 11) is 0. The lowest BCUT2D eigenvalue weighted by molar-refractivity contribution is -0.120. The van der Waals surface area contributed by atoms with Crippen LogP contribution in [0.5, 0.6) is 0 Å². The van der Waals surface area contributed by atoms with Gasteiger partial charge in [-0.2, -0.15) is 0 Å². The zero-order valence-electron chi connectivity index (χ0n) is 15.1. The van der Waals surface area contributed by atoms with Crippen molar-refractivity contribution in [1.82, 2.24) is 5.32 Å². The molecule has 0 aromatic heterocycles. The van der Waals surface area contributed by atoms with E-state index < -0.39 is 0 Å². The van der Waals surface area contributed by atoms with Crippen LogP contribution in [0.1, 0.15) is 30.5 Å². The Morgan fingerprint density at radius 3 is 2.50 bits per heavy atom. The SMILES string of the molecule is C=CCSc1ccccc1NC(=O)CC(NC(C)=O)c1ccc(C)cc1. The van der Waals surface area contributed by atoms with Crippen molar-refractivity contribution in [3.8, 4) is 0 Å². The molecule has 0 heterocycles. The van der Waals surface area contributed by atoms with Crippen LogP contribution in [0.3, 0.4) is 0 Å². The normalized spacial score (nSPS) is 11.5. The molecule has 0 aliphatic rings. The van der Waals surface area contributed by atoms with Crippen molar-refractivity contribution in [1.29, 1.82) is 0 Å². The highest BCUT2D eigenvalue weighted by atomic mass is 32.2. The molecule has 0 aliphatic heterocycles. The highest BCUT2D eigenvalue weighted by molar-refractivity contribution is 7.99. The maximum absolute atomic E-state index is 12.6. The van der Waals surface area contributed by atoms with E-state index in [1.54, 1.807) is 11.8 Å². The first-order valence-corrected chi connectivity index (χ1v) is 9.44. The average molecular weight is 369 g/mol. The maximum atomic E-state index is 12.6. The van der Waals surface area contributed by atoms with Gasteiger partial charge in [-0.3, -0.25) is 9.59 Å².